The first-order valence-electron chi connectivity index (χ1n) is 7.25. The number of hydrogen-bond acceptors (Lipinski definition) is 5. The first kappa shape index (κ1) is 17.4. The van der Waals surface area contributed by atoms with Crippen LogP contribution in [0.1, 0.15) is 19.8 Å². The highest BCUT2D eigenvalue weighted by Crippen LogP contribution is 2.18. The Labute approximate surface area is 139 Å². The molecule has 22 heavy (non-hydrogen) atoms. The molecule has 122 valence electrons. The maximum Gasteiger partial charge on any atom is 0.239 e. The summed E-state index contributed by atoms with van der Waals surface area (Å²) in [4.78, 5) is 18.2. The van der Waals surface area contributed by atoms with Crippen molar-refractivity contribution in [2.75, 3.05) is 29.9 Å². The topological polar surface area (TPSA) is 79.4 Å². The smallest absolute Gasteiger partial charge is 0.239 e. The molecular formula is C14H20BrN3O3S. The van der Waals surface area contributed by atoms with Crippen LogP contribution in [-0.2, 0) is 14.6 Å². The van der Waals surface area contributed by atoms with Crippen molar-refractivity contribution in [1.82, 2.24) is 9.88 Å². The molecule has 1 N–H and O–H groups in total. The first-order chi connectivity index (χ1) is 10.4. The quantitative estimate of drug-likeness (QED) is 0.800. The van der Waals surface area contributed by atoms with E-state index >= 15 is 0 Å². The lowest BCUT2D eigenvalue weighted by atomic mass is 10.2. The molecule has 1 saturated heterocycles. The van der Waals surface area contributed by atoms with Crippen molar-refractivity contribution < 1.29 is 13.2 Å². The summed E-state index contributed by atoms with van der Waals surface area (Å²) in [6.45, 7) is 2.91. The average Bonchev–Trinajstić information content (AvgIpc) is 2.81. The number of anilines is 1. The molecule has 0 radical (unpaired) electrons. The monoisotopic (exact) mass is 389 g/mol. The van der Waals surface area contributed by atoms with Crippen molar-refractivity contribution in [3.05, 3.63) is 22.8 Å². The van der Waals surface area contributed by atoms with E-state index in [0.717, 1.165) is 10.9 Å². The summed E-state index contributed by atoms with van der Waals surface area (Å²) in [5.41, 5.74) is 0. The largest absolute Gasteiger partial charge is 0.310 e. The lowest BCUT2D eigenvalue weighted by molar-refractivity contribution is -0.117. The van der Waals surface area contributed by atoms with Crippen LogP contribution in [0.3, 0.4) is 0 Å². The Kier molecular flexibility index (Phi) is 5.94. The zero-order valence-electron chi connectivity index (χ0n) is 12.5. The van der Waals surface area contributed by atoms with Crippen molar-refractivity contribution in [1.29, 1.82) is 0 Å². The predicted octanol–water partition coefficient (Wildman–Crippen LogP) is 1.68. The number of rotatable bonds is 6. The second-order valence-electron chi connectivity index (χ2n) is 5.44. The molecule has 1 fully saturated rings. The Bertz CT molecular complexity index is 619. The zero-order valence-corrected chi connectivity index (χ0v) is 14.9. The number of amides is 1. The van der Waals surface area contributed by atoms with Gasteiger partial charge in [0.15, 0.2) is 9.84 Å². The molecule has 1 unspecified atom stereocenters. The summed E-state index contributed by atoms with van der Waals surface area (Å²) in [7, 11) is -2.95. The fourth-order valence-electron chi connectivity index (χ4n) is 2.56. The molecule has 0 spiro atoms. The minimum Gasteiger partial charge on any atom is -0.310 e. The van der Waals surface area contributed by atoms with Crippen LogP contribution in [-0.4, -0.2) is 54.8 Å². The summed E-state index contributed by atoms with van der Waals surface area (Å²) in [6, 6.07) is 3.45. The molecule has 1 atom stereocenters. The SMILES string of the molecule is CCCN(CC(=O)Nc1ccc(Br)cn1)C1CCS(=O)(=O)C1. The number of hydrogen-bond donors (Lipinski definition) is 1. The van der Waals surface area contributed by atoms with Gasteiger partial charge in [-0.1, -0.05) is 6.92 Å². The molecule has 6 nitrogen and oxygen atoms in total. The molecule has 0 aliphatic carbocycles. The van der Waals surface area contributed by atoms with E-state index in [0.29, 0.717) is 18.8 Å². The zero-order chi connectivity index (χ0) is 16.2. The van der Waals surface area contributed by atoms with Gasteiger partial charge in [-0.15, -0.1) is 0 Å². The Morgan fingerprint density at radius 3 is 2.82 bits per heavy atom. The number of carbonyl (C=O) groups excluding carboxylic acids is 1. The molecule has 2 heterocycles. The average molecular weight is 390 g/mol. The van der Waals surface area contributed by atoms with Gasteiger partial charge in [-0.05, 0) is 47.4 Å². The Morgan fingerprint density at radius 2 is 2.27 bits per heavy atom. The lowest BCUT2D eigenvalue weighted by Gasteiger charge is -2.26. The van der Waals surface area contributed by atoms with E-state index in [1.807, 2.05) is 11.8 Å². The number of halogens is 1. The van der Waals surface area contributed by atoms with E-state index in [1.54, 1.807) is 18.3 Å². The van der Waals surface area contributed by atoms with Crippen LogP contribution in [0.15, 0.2) is 22.8 Å². The number of aromatic nitrogens is 1. The minimum atomic E-state index is -2.95. The summed E-state index contributed by atoms with van der Waals surface area (Å²) in [6.07, 6.45) is 3.09. The fraction of sp³-hybridized carbons (Fsp3) is 0.571. The van der Waals surface area contributed by atoms with E-state index in [2.05, 4.69) is 26.2 Å². The highest BCUT2D eigenvalue weighted by molar-refractivity contribution is 9.10. The van der Waals surface area contributed by atoms with E-state index in [-0.39, 0.29) is 30.0 Å². The number of sulfone groups is 1. The minimum absolute atomic E-state index is 0.0615. The van der Waals surface area contributed by atoms with Gasteiger partial charge in [0.05, 0.1) is 18.1 Å². The molecule has 0 aromatic carbocycles. The van der Waals surface area contributed by atoms with Gasteiger partial charge in [-0.3, -0.25) is 9.69 Å². The van der Waals surface area contributed by atoms with Gasteiger partial charge in [-0.2, -0.15) is 0 Å². The van der Waals surface area contributed by atoms with E-state index in [1.165, 1.54) is 0 Å². The molecule has 1 amide bonds. The number of pyridine rings is 1. The summed E-state index contributed by atoms with van der Waals surface area (Å²) in [5.74, 6) is 0.682. The normalized spacial score (nSPS) is 20.2. The van der Waals surface area contributed by atoms with Crippen molar-refractivity contribution in [2.24, 2.45) is 0 Å². The van der Waals surface area contributed by atoms with Crippen molar-refractivity contribution in [3.63, 3.8) is 0 Å². The van der Waals surface area contributed by atoms with E-state index in [4.69, 9.17) is 0 Å². The summed E-state index contributed by atoms with van der Waals surface area (Å²) >= 11 is 3.29. The number of nitrogens with one attached hydrogen (secondary N) is 1. The molecule has 0 saturated carbocycles. The number of nitrogens with zero attached hydrogens (tertiary/aromatic N) is 2. The Balaban J connectivity index is 1.95. The fourth-order valence-corrected chi connectivity index (χ4v) is 4.55. The third-order valence-corrected chi connectivity index (χ3v) is 5.80. The second kappa shape index (κ2) is 7.52. The molecule has 0 bridgehead atoms. The van der Waals surface area contributed by atoms with E-state index in [9.17, 15) is 13.2 Å². The van der Waals surface area contributed by atoms with Gasteiger partial charge in [0.2, 0.25) is 5.91 Å². The third kappa shape index (κ3) is 5.03. The predicted molar refractivity (Wildman–Crippen MR) is 89.5 cm³/mol. The van der Waals surface area contributed by atoms with Crippen LogP contribution in [0.5, 0.6) is 0 Å². The molecule has 1 aliphatic rings. The Hall–Kier alpha value is -0.990. The molecule has 2 rings (SSSR count). The molecular weight excluding hydrogens is 370 g/mol. The second-order valence-corrected chi connectivity index (χ2v) is 8.58. The van der Waals surface area contributed by atoms with E-state index < -0.39 is 9.84 Å². The van der Waals surface area contributed by atoms with Crippen LogP contribution >= 0.6 is 15.9 Å². The van der Waals surface area contributed by atoms with Crippen LogP contribution in [0.4, 0.5) is 5.82 Å². The lowest BCUT2D eigenvalue weighted by Crippen LogP contribution is -2.42. The van der Waals surface area contributed by atoms with Gasteiger partial charge in [0.25, 0.3) is 0 Å². The van der Waals surface area contributed by atoms with Crippen LogP contribution in [0.2, 0.25) is 0 Å². The van der Waals surface area contributed by atoms with Gasteiger partial charge in [0, 0.05) is 16.7 Å². The highest BCUT2D eigenvalue weighted by Gasteiger charge is 2.32. The summed E-state index contributed by atoms with van der Waals surface area (Å²) in [5, 5.41) is 2.74. The maximum atomic E-state index is 12.1. The molecule has 1 aromatic rings. The van der Waals surface area contributed by atoms with Crippen LogP contribution in [0, 0.1) is 0 Å². The van der Waals surface area contributed by atoms with Gasteiger partial charge >= 0.3 is 0 Å². The first-order valence-corrected chi connectivity index (χ1v) is 9.87. The van der Waals surface area contributed by atoms with Gasteiger partial charge in [0.1, 0.15) is 5.82 Å². The maximum absolute atomic E-state index is 12.1. The summed E-state index contributed by atoms with van der Waals surface area (Å²) < 4.78 is 24.1. The van der Waals surface area contributed by atoms with Crippen molar-refractivity contribution in [2.45, 2.75) is 25.8 Å². The van der Waals surface area contributed by atoms with Gasteiger partial charge < -0.3 is 5.32 Å². The number of carbonyl (C=O) groups is 1. The van der Waals surface area contributed by atoms with Crippen LogP contribution in [0.25, 0.3) is 0 Å². The standard InChI is InChI=1S/C14H20BrN3O3S/c1-2-6-18(12-5-7-22(20,21)10-12)9-14(19)17-13-4-3-11(15)8-16-13/h3-4,8,12H,2,5-7,9-10H2,1H3,(H,16,17,19). The Morgan fingerprint density at radius 1 is 1.50 bits per heavy atom. The van der Waals surface area contributed by atoms with Gasteiger partial charge in [-0.25, -0.2) is 13.4 Å². The third-order valence-electron chi connectivity index (χ3n) is 3.58. The van der Waals surface area contributed by atoms with Crippen molar-refractivity contribution >= 4 is 37.5 Å². The van der Waals surface area contributed by atoms with Crippen LogP contribution < -0.4 is 5.32 Å². The van der Waals surface area contributed by atoms with Crippen molar-refractivity contribution in [3.8, 4) is 0 Å². The molecule has 1 aliphatic heterocycles. The highest BCUT2D eigenvalue weighted by atomic mass is 79.9. The molecule has 1 aromatic heterocycles. The molecule has 8 heteroatoms.